The zero-order chi connectivity index (χ0) is 96.5. The van der Waals surface area contributed by atoms with Crippen LogP contribution >= 0.6 is 0 Å². The number of aryl methyl sites for hydroxylation is 4. The van der Waals surface area contributed by atoms with Crippen LogP contribution in [0, 0.1) is 20.8 Å². The van der Waals surface area contributed by atoms with Crippen LogP contribution in [0.1, 0.15) is 90.6 Å². The first-order valence-electron chi connectivity index (χ1n) is 43.8. The van der Waals surface area contributed by atoms with Gasteiger partial charge in [0, 0.05) is 160 Å². The Balaban J connectivity index is 0.000000128. The maximum atomic E-state index is 12.1. The van der Waals surface area contributed by atoms with Gasteiger partial charge in [-0.2, -0.15) is 40.0 Å². The first kappa shape index (κ1) is 92.5. The van der Waals surface area contributed by atoms with Crippen LogP contribution in [0.25, 0.3) is 111 Å². The number of carbonyl (C=O) groups is 4. The van der Waals surface area contributed by atoms with Gasteiger partial charge < -0.3 is 113 Å². The minimum absolute atomic E-state index is 0.0746. The topological polar surface area (TPSA) is 494 Å². The van der Waals surface area contributed by atoms with Crippen LogP contribution in [-0.2, 0) is 22.9 Å². The summed E-state index contributed by atoms with van der Waals surface area (Å²) in [7, 11) is 16.0. The highest BCUT2D eigenvalue weighted by Gasteiger charge is 2.30. The van der Waals surface area contributed by atoms with Gasteiger partial charge in [-0.25, -0.2) is 15.0 Å². The lowest BCUT2D eigenvalue weighted by atomic mass is 10.0. The molecule has 20 rings (SSSR count). The molecular weight excluding hydrogens is 1770 g/mol. The summed E-state index contributed by atoms with van der Waals surface area (Å²) in [6, 6.07) is 36.3. The van der Waals surface area contributed by atoms with Crippen molar-refractivity contribution in [1.82, 2.24) is 106 Å². The number of anilines is 6. The predicted octanol–water partition coefficient (Wildman–Crippen LogP) is 14.9. The number of pyridine rings is 1. The van der Waals surface area contributed by atoms with Gasteiger partial charge in [-0.05, 0) is 141 Å². The molecule has 2 saturated heterocycles. The lowest BCUT2D eigenvalue weighted by molar-refractivity contribution is -0.0807. The Kier molecular flexibility index (Phi) is 27.3. The maximum Gasteiger partial charge on any atom is 0.251 e. The van der Waals surface area contributed by atoms with E-state index < -0.39 is 0 Å². The molecule has 40 nitrogen and oxygen atoms in total. The summed E-state index contributed by atoms with van der Waals surface area (Å²) in [5.74, 6) is 5.82. The molecule has 0 unspecified atom stereocenters. The van der Waals surface area contributed by atoms with E-state index >= 15 is 0 Å². The van der Waals surface area contributed by atoms with E-state index in [4.69, 9.17) is 71.2 Å². The Hall–Kier alpha value is -17.3. The fourth-order valence-corrected chi connectivity index (χ4v) is 15.7. The van der Waals surface area contributed by atoms with Crippen molar-refractivity contribution >= 4 is 125 Å². The SMILES string of the molecule is CNC(=O)c1ccc(Cc2nc(OC3COC3)c3c(-c4ccc5nc(C)oc5c4)c[nH]c3n2)c(OC)c1.CNC(=O)c1ccc(Nc2nc(OC)c3c(-c4cnn(C)c4)c[nH]c3n2)c(OC)c1.CNC(=O)c1ccc(Nc2nc(O[C@H]3CCOC3)c3c(-c4ccnc(C)c4)c[nH]c3n2)c(OC)c1.CNC(=O)c1ccc(OC)c(Nc2nc(OC(C)C)c3c(-c4ccc5nc(C)oc5c4)c[nH]c3n2)c1. The molecule has 11 N–H and O–H groups in total. The van der Waals surface area contributed by atoms with Crippen molar-refractivity contribution in [3.63, 3.8) is 0 Å². The zero-order valence-corrected chi connectivity index (χ0v) is 77.9. The van der Waals surface area contributed by atoms with Crippen LogP contribution in [-0.4, -0.2) is 217 Å². The highest BCUT2D eigenvalue weighted by Crippen LogP contribution is 2.43. The minimum atomic E-state index is -0.214. The number of oxazole rings is 2. The van der Waals surface area contributed by atoms with Crippen LogP contribution in [0.3, 0.4) is 0 Å². The Bertz CT molecular complexity index is 7590. The monoisotopic (exact) mass is 1870 g/mol. The van der Waals surface area contributed by atoms with Gasteiger partial charge in [-0.1, -0.05) is 18.2 Å². The average molecular weight is 1870 g/mol. The second-order valence-electron chi connectivity index (χ2n) is 32.0. The number of carbonyl (C=O) groups excluding carboxylic acids is 4. The number of nitrogens with zero attached hydrogens (tertiary/aromatic N) is 13. The third-order valence-corrected chi connectivity index (χ3v) is 22.4. The summed E-state index contributed by atoms with van der Waals surface area (Å²) in [4.78, 5) is 111. The van der Waals surface area contributed by atoms with E-state index in [2.05, 4.69) is 102 Å². The summed E-state index contributed by atoms with van der Waals surface area (Å²) < 4.78 is 70.1. The number of fused-ring (bicyclic) bond motifs is 6. The molecule has 14 heterocycles. The van der Waals surface area contributed by atoms with Gasteiger partial charge in [0.2, 0.25) is 41.4 Å². The summed E-state index contributed by atoms with van der Waals surface area (Å²) >= 11 is 0. The lowest BCUT2D eigenvalue weighted by Crippen LogP contribution is -2.38. The highest BCUT2D eigenvalue weighted by atomic mass is 16.6. The predicted molar refractivity (Wildman–Crippen MR) is 517 cm³/mol. The van der Waals surface area contributed by atoms with Crippen molar-refractivity contribution in [3.05, 3.63) is 216 Å². The zero-order valence-electron chi connectivity index (χ0n) is 77.9. The van der Waals surface area contributed by atoms with E-state index in [0.717, 1.165) is 94.8 Å². The Morgan fingerprint density at radius 2 is 0.891 bits per heavy atom. The fraction of sp³-hybridized carbons (Fsp3) is 0.245. The van der Waals surface area contributed by atoms with Crippen molar-refractivity contribution in [1.29, 1.82) is 0 Å². The molecule has 0 spiro atoms. The molecule has 0 radical (unpaired) electrons. The maximum absolute atomic E-state index is 12.1. The summed E-state index contributed by atoms with van der Waals surface area (Å²) in [5, 5.41) is 27.3. The Labute approximate surface area is 787 Å². The molecule has 1 atom stereocenters. The largest absolute Gasteiger partial charge is 0.496 e. The summed E-state index contributed by atoms with van der Waals surface area (Å²) in [5.41, 5.74) is 18.4. The second-order valence-corrected chi connectivity index (χ2v) is 32.0. The first-order chi connectivity index (χ1) is 67.0. The third kappa shape index (κ3) is 20.0. The number of hydrogen-bond acceptors (Lipinski definition) is 31. The van der Waals surface area contributed by atoms with E-state index in [1.54, 1.807) is 140 Å². The van der Waals surface area contributed by atoms with Gasteiger partial charge in [0.15, 0.2) is 22.9 Å². The molecule has 18 aromatic rings. The first-order valence-corrected chi connectivity index (χ1v) is 43.8. The van der Waals surface area contributed by atoms with E-state index in [1.165, 1.54) is 7.11 Å². The Morgan fingerprint density at radius 1 is 0.442 bits per heavy atom. The van der Waals surface area contributed by atoms with Crippen LogP contribution in [0.2, 0.25) is 0 Å². The minimum Gasteiger partial charge on any atom is -0.496 e. The standard InChI is InChI=1S/C27H25N5O5.C26H26N6O4.C25H26N6O4.C20H21N7O3/c1-14-30-20-7-6-15(8-22(20)36-14)19-11-29-25-24(19)27(37-18-12-35-13-18)32-23(31-25)10-16-4-5-17(26(33)28-2)9-21(16)34-3;1-13(2)35-25-22-17(15-6-8-18-21(11-15)36-14(3)29-18)12-28-23(22)31-26(32-25)30-19-10-16(24(33)27-4)7-9-20(19)34-5;1-14-10-15(6-8-27-14)18-12-28-22-21(18)24(35-17-7-9-34-13-17)31-25(30-22)29-19-5-4-16(23(32)26-2)11-20(19)33-3;1-21-18(28)11-5-6-14(15(7-11)29-3)24-20-25-17-16(19(26-20)30-4)13(9-22-17)12-8-23-27(2)10-12/h4-9,11,18H,10,12-13H2,1-3H3,(H,28,33)(H,29,31,32);6-13H,1-5H3,(H,27,33)(H2,28,30,31,32);4-6,8,10-12,17H,7,9,13H2,1-3H3,(H,26,32)(H2,28,29,30,31);5-10H,1-4H3,(H,21,28)(H2,22,24,25,26)/t;;17-;/m..0./s1. The molecule has 12 aromatic heterocycles. The average Bonchev–Trinajstić information content (AvgIpc) is 1.60. The van der Waals surface area contributed by atoms with Gasteiger partial charge >= 0.3 is 0 Å². The molecule has 0 aliphatic carbocycles. The van der Waals surface area contributed by atoms with Crippen molar-refractivity contribution in [2.75, 3.05) is 106 Å². The molecule has 4 amide bonds. The number of methoxy groups -OCH3 is 5. The third-order valence-electron chi connectivity index (χ3n) is 22.4. The van der Waals surface area contributed by atoms with Crippen LogP contribution in [0.5, 0.6) is 46.5 Å². The van der Waals surface area contributed by atoms with Gasteiger partial charge in [0.05, 0.1) is 113 Å². The van der Waals surface area contributed by atoms with Crippen LogP contribution in [0.4, 0.5) is 34.9 Å². The number of nitrogens with one attached hydrogen (secondary N) is 11. The van der Waals surface area contributed by atoms with Gasteiger partial charge in [0.25, 0.3) is 23.6 Å². The molecule has 2 aliphatic rings. The van der Waals surface area contributed by atoms with Crippen molar-refractivity contribution in [3.8, 4) is 91.0 Å². The quantitative estimate of drug-likeness (QED) is 0.0228. The number of ether oxygens (including phenoxy) is 10. The smallest absolute Gasteiger partial charge is 0.251 e. The number of rotatable bonds is 27. The number of benzene rings is 6. The Morgan fingerprint density at radius 3 is 1.37 bits per heavy atom. The number of hydrogen-bond donors (Lipinski definition) is 11. The molecule has 2 fully saturated rings. The van der Waals surface area contributed by atoms with Crippen LogP contribution < -0.4 is 75.1 Å². The molecular formula is C98H98N24O16. The number of aromatic amines is 4. The molecule has 0 bridgehead atoms. The summed E-state index contributed by atoms with van der Waals surface area (Å²) in [6.45, 7) is 11.7. The van der Waals surface area contributed by atoms with E-state index in [9.17, 15) is 19.2 Å². The van der Waals surface area contributed by atoms with Gasteiger partial charge in [-0.15, -0.1) is 0 Å². The number of aromatic nitrogens is 17. The molecule has 40 heteroatoms. The van der Waals surface area contributed by atoms with Gasteiger partial charge in [-0.3, -0.25) is 28.8 Å². The van der Waals surface area contributed by atoms with Crippen molar-refractivity contribution < 1.29 is 75.4 Å². The summed E-state index contributed by atoms with van der Waals surface area (Å²) in [6.07, 6.45) is 13.9. The van der Waals surface area contributed by atoms with E-state index in [0.29, 0.717) is 188 Å². The van der Waals surface area contributed by atoms with E-state index in [-0.39, 0.29) is 41.9 Å². The number of amides is 4. The molecule has 2 aliphatic heterocycles. The highest BCUT2D eigenvalue weighted by molar-refractivity contribution is 6.04. The fourth-order valence-electron chi connectivity index (χ4n) is 15.7. The molecule has 0 saturated carbocycles. The number of H-pyrrole nitrogens is 4. The van der Waals surface area contributed by atoms with Crippen molar-refractivity contribution in [2.24, 2.45) is 7.05 Å². The van der Waals surface area contributed by atoms with E-state index in [1.807, 2.05) is 127 Å². The van der Waals surface area contributed by atoms with Crippen LogP contribution in [0.15, 0.2) is 174 Å². The molecule has 6 aromatic carbocycles. The van der Waals surface area contributed by atoms with Crippen molar-refractivity contribution in [2.45, 2.75) is 65.8 Å². The lowest BCUT2D eigenvalue weighted by Gasteiger charge is -2.26. The van der Waals surface area contributed by atoms with Gasteiger partial charge in [0.1, 0.15) is 74.7 Å². The molecule has 706 valence electrons. The molecule has 138 heavy (non-hydrogen) atoms. The second kappa shape index (κ2) is 40.6. The normalized spacial score (nSPS) is 12.8.